The lowest BCUT2D eigenvalue weighted by Crippen LogP contribution is -2.01. The van der Waals surface area contributed by atoms with E-state index in [2.05, 4.69) is 53.8 Å². The van der Waals surface area contributed by atoms with E-state index in [1.54, 1.807) is 0 Å². The lowest BCUT2D eigenvalue weighted by Gasteiger charge is -2.15. The quantitative estimate of drug-likeness (QED) is 0.657. The van der Waals surface area contributed by atoms with E-state index in [0.717, 1.165) is 11.9 Å². The molecule has 0 aliphatic heterocycles. The van der Waals surface area contributed by atoms with Crippen LogP contribution in [0.25, 0.3) is 16.7 Å². The third-order valence-corrected chi connectivity index (χ3v) is 3.02. The van der Waals surface area contributed by atoms with E-state index in [4.69, 9.17) is 0 Å². The van der Waals surface area contributed by atoms with Crippen LogP contribution in [0.1, 0.15) is 6.42 Å². The number of hydrogen-bond acceptors (Lipinski definition) is 1. The molecule has 0 saturated carbocycles. The van der Waals surface area contributed by atoms with Crippen molar-refractivity contribution in [3.05, 3.63) is 48.8 Å². The average molecular weight is 208 g/mol. The normalized spacial score (nSPS) is 20.0. The maximum atomic E-state index is 4.42. The molecule has 2 nitrogen and oxygen atoms in total. The second-order valence-electron chi connectivity index (χ2n) is 4.33. The van der Waals surface area contributed by atoms with E-state index < -0.39 is 0 Å². The number of allylic oxidation sites excluding steroid dienone is 4. The molecule has 1 unspecified atom stereocenters. The van der Waals surface area contributed by atoms with Crippen LogP contribution in [0.5, 0.6) is 0 Å². The number of nitrogens with zero attached hydrogens (tertiary/aromatic N) is 2. The number of para-hydroxylation sites is 2. The van der Waals surface area contributed by atoms with Crippen molar-refractivity contribution in [2.24, 2.45) is 0 Å². The summed E-state index contributed by atoms with van der Waals surface area (Å²) in [4.78, 5) is 4.42. The molecule has 1 heterocycles. The molecule has 16 heavy (non-hydrogen) atoms. The number of aromatic nitrogens is 2. The highest BCUT2D eigenvalue weighted by atomic mass is 15.1. The molecule has 0 spiro atoms. The van der Waals surface area contributed by atoms with E-state index in [0.29, 0.717) is 5.82 Å². The molecule has 1 aromatic carbocycles. The molecular formula is C13H13BN2. The average Bonchev–Trinajstić information content (AvgIpc) is 2.72. The first-order valence-corrected chi connectivity index (χ1v) is 5.64. The molecule has 0 amide bonds. The summed E-state index contributed by atoms with van der Waals surface area (Å²) >= 11 is 0. The van der Waals surface area contributed by atoms with Crippen molar-refractivity contribution in [1.29, 1.82) is 0 Å². The van der Waals surface area contributed by atoms with Gasteiger partial charge in [0.2, 0.25) is 0 Å². The molecule has 0 N–H and O–H groups in total. The molecule has 1 aliphatic rings. The summed E-state index contributed by atoms with van der Waals surface area (Å²) in [7, 11) is 2.24. The zero-order chi connectivity index (χ0) is 11.0. The van der Waals surface area contributed by atoms with Gasteiger partial charge in [-0.3, -0.25) is 0 Å². The summed E-state index contributed by atoms with van der Waals surface area (Å²) in [6, 6.07) is 8.25. The van der Waals surface area contributed by atoms with Crippen LogP contribution in [-0.4, -0.2) is 17.4 Å². The first-order chi connectivity index (χ1) is 7.84. The van der Waals surface area contributed by atoms with Crippen LogP contribution in [0, 0.1) is 0 Å². The van der Waals surface area contributed by atoms with Crippen LogP contribution in [0.15, 0.2) is 48.8 Å². The largest absolute Gasteiger partial charge is 0.303 e. The molecule has 0 fully saturated rings. The molecule has 2 aromatic rings. The van der Waals surface area contributed by atoms with Crippen molar-refractivity contribution in [2.45, 2.75) is 12.2 Å². The predicted octanol–water partition coefficient (Wildman–Crippen LogP) is 2.26. The smallest absolute Gasteiger partial charge is 0.110 e. The summed E-state index contributed by atoms with van der Waals surface area (Å²) < 4.78 is 2.19. The van der Waals surface area contributed by atoms with Gasteiger partial charge in [0.05, 0.1) is 11.0 Å². The molecule has 0 radical (unpaired) electrons. The SMILES string of the molecule is BC1C=CC=C(n2cnc3ccccc32)C1. The molecule has 0 bridgehead atoms. The first kappa shape index (κ1) is 9.46. The first-order valence-electron chi connectivity index (χ1n) is 5.64. The fourth-order valence-corrected chi connectivity index (χ4v) is 2.19. The summed E-state index contributed by atoms with van der Waals surface area (Å²) in [5.74, 6) is 0.612. The molecule has 78 valence electrons. The Hall–Kier alpha value is -1.77. The van der Waals surface area contributed by atoms with Crippen LogP contribution >= 0.6 is 0 Å². The zero-order valence-corrected chi connectivity index (χ0v) is 9.30. The van der Waals surface area contributed by atoms with Crippen molar-refractivity contribution < 1.29 is 0 Å². The van der Waals surface area contributed by atoms with Crippen molar-refractivity contribution in [2.75, 3.05) is 0 Å². The minimum Gasteiger partial charge on any atom is -0.303 e. The van der Waals surface area contributed by atoms with Gasteiger partial charge in [-0.15, -0.1) is 0 Å². The molecule has 3 heteroatoms. The Bertz CT molecular complexity index is 580. The summed E-state index contributed by atoms with van der Waals surface area (Å²) in [5.41, 5.74) is 3.57. The zero-order valence-electron chi connectivity index (χ0n) is 9.30. The van der Waals surface area contributed by atoms with Gasteiger partial charge in [-0.1, -0.05) is 24.3 Å². The molecule has 3 rings (SSSR count). The third kappa shape index (κ3) is 1.49. The van der Waals surface area contributed by atoms with Gasteiger partial charge in [0, 0.05) is 5.70 Å². The van der Waals surface area contributed by atoms with Gasteiger partial charge >= 0.3 is 0 Å². The molecule has 1 atom stereocenters. The topological polar surface area (TPSA) is 17.8 Å². The van der Waals surface area contributed by atoms with Crippen LogP contribution in [0.2, 0.25) is 5.82 Å². The Morgan fingerprint density at radius 2 is 2.19 bits per heavy atom. The van der Waals surface area contributed by atoms with E-state index in [1.165, 1.54) is 11.2 Å². The number of imidazole rings is 1. The van der Waals surface area contributed by atoms with E-state index in [9.17, 15) is 0 Å². The highest BCUT2D eigenvalue weighted by Crippen LogP contribution is 2.26. The Kier molecular flexibility index (Phi) is 2.17. The number of benzene rings is 1. The van der Waals surface area contributed by atoms with E-state index >= 15 is 0 Å². The maximum Gasteiger partial charge on any atom is 0.110 e. The third-order valence-electron chi connectivity index (χ3n) is 3.02. The van der Waals surface area contributed by atoms with Gasteiger partial charge < -0.3 is 4.57 Å². The van der Waals surface area contributed by atoms with Gasteiger partial charge in [-0.05, 0) is 30.4 Å². The van der Waals surface area contributed by atoms with Gasteiger partial charge in [-0.25, -0.2) is 4.98 Å². The number of hydrogen-bond donors (Lipinski definition) is 0. The van der Waals surface area contributed by atoms with Crippen LogP contribution < -0.4 is 0 Å². The maximum absolute atomic E-state index is 4.42. The predicted molar refractivity (Wildman–Crippen MR) is 70.1 cm³/mol. The Morgan fingerprint density at radius 3 is 3.06 bits per heavy atom. The Labute approximate surface area is 95.7 Å². The fourth-order valence-electron chi connectivity index (χ4n) is 2.19. The van der Waals surface area contributed by atoms with Gasteiger partial charge in [0.25, 0.3) is 0 Å². The van der Waals surface area contributed by atoms with Crippen molar-refractivity contribution in [1.82, 2.24) is 9.55 Å². The van der Waals surface area contributed by atoms with E-state index in [-0.39, 0.29) is 0 Å². The molecule has 1 aromatic heterocycles. The minimum absolute atomic E-state index is 0.612. The van der Waals surface area contributed by atoms with Gasteiger partial charge in [0.1, 0.15) is 14.2 Å². The standard InChI is InChI=1S/C13H13BN2/c14-10-4-3-5-11(8-10)16-9-15-12-6-1-2-7-13(12)16/h1-7,9-10H,8,14H2. The van der Waals surface area contributed by atoms with Crippen molar-refractivity contribution in [3.63, 3.8) is 0 Å². The van der Waals surface area contributed by atoms with Gasteiger partial charge in [-0.2, -0.15) is 0 Å². The van der Waals surface area contributed by atoms with Crippen LogP contribution in [-0.2, 0) is 0 Å². The summed E-state index contributed by atoms with van der Waals surface area (Å²) in [6.45, 7) is 0. The summed E-state index contributed by atoms with van der Waals surface area (Å²) in [6.07, 6.45) is 9.55. The number of rotatable bonds is 1. The second kappa shape index (κ2) is 3.67. The second-order valence-corrected chi connectivity index (χ2v) is 4.33. The number of fused-ring (bicyclic) bond motifs is 1. The van der Waals surface area contributed by atoms with Crippen LogP contribution in [0.3, 0.4) is 0 Å². The van der Waals surface area contributed by atoms with Crippen molar-refractivity contribution in [3.8, 4) is 0 Å². The highest BCUT2D eigenvalue weighted by Gasteiger charge is 2.10. The Morgan fingerprint density at radius 1 is 1.31 bits per heavy atom. The Balaban J connectivity index is 2.13. The molecule has 0 saturated heterocycles. The lowest BCUT2D eigenvalue weighted by atomic mass is 9.81. The fraction of sp³-hybridized carbons (Fsp3) is 0.154. The van der Waals surface area contributed by atoms with Crippen LogP contribution in [0.4, 0.5) is 0 Å². The van der Waals surface area contributed by atoms with Gasteiger partial charge in [0.15, 0.2) is 0 Å². The molecular weight excluding hydrogens is 195 g/mol. The minimum atomic E-state index is 0.612. The highest BCUT2D eigenvalue weighted by molar-refractivity contribution is 6.13. The lowest BCUT2D eigenvalue weighted by molar-refractivity contribution is 0.951. The van der Waals surface area contributed by atoms with Crippen molar-refractivity contribution >= 4 is 24.6 Å². The molecule has 1 aliphatic carbocycles. The van der Waals surface area contributed by atoms with E-state index in [1.807, 2.05) is 12.4 Å². The monoisotopic (exact) mass is 208 g/mol. The summed E-state index contributed by atoms with van der Waals surface area (Å²) in [5, 5.41) is 0.